The van der Waals surface area contributed by atoms with Crippen molar-refractivity contribution < 1.29 is 22.7 Å². The highest BCUT2D eigenvalue weighted by Gasteiger charge is 2.51. The largest absolute Gasteiger partial charge is 0.416 e. The summed E-state index contributed by atoms with van der Waals surface area (Å²) in [5, 5.41) is 19.9. The van der Waals surface area contributed by atoms with Crippen molar-refractivity contribution in [1.82, 2.24) is 10.2 Å². The molecule has 3 aliphatic rings. The van der Waals surface area contributed by atoms with Gasteiger partial charge in [-0.3, -0.25) is 15.6 Å². The number of anilines is 1. The molecule has 2 fully saturated rings. The number of methoxy groups -OCH3 is 1. The Labute approximate surface area is 232 Å². The van der Waals surface area contributed by atoms with Gasteiger partial charge in [0.25, 0.3) is 5.91 Å². The fourth-order valence-corrected chi connectivity index (χ4v) is 6.42. The lowest BCUT2D eigenvalue weighted by molar-refractivity contribution is -0.138. The van der Waals surface area contributed by atoms with E-state index in [0.29, 0.717) is 24.1 Å². The quantitative estimate of drug-likeness (QED) is 0.274. The van der Waals surface area contributed by atoms with Crippen molar-refractivity contribution in [2.24, 2.45) is 0 Å². The van der Waals surface area contributed by atoms with Crippen molar-refractivity contribution in [2.45, 2.75) is 81.8 Å². The predicted molar refractivity (Wildman–Crippen MR) is 148 cm³/mol. The first-order valence-corrected chi connectivity index (χ1v) is 13.6. The van der Waals surface area contributed by atoms with Crippen molar-refractivity contribution in [2.75, 3.05) is 19.1 Å². The summed E-state index contributed by atoms with van der Waals surface area (Å²) in [5.41, 5.74) is 0.168. The van der Waals surface area contributed by atoms with Gasteiger partial charge in [0.1, 0.15) is 5.84 Å². The third-order valence-electron chi connectivity index (χ3n) is 9.09. The third-order valence-corrected chi connectivity index (χ3v) is 9.09. The van der Waals surface area contributed by atoms with E-state index in [1.165, 1.54) is 15.9 Å². The van der Waals surface area contributed by atoms with Crippen LogP contribution in [0.25, 0.3) is 0 Å². The molecule has 1 amide bonds. The SMILES string of the molecule is COC1CC(C(=N)N(C)C=N)(c2cccc(N3Cc4c(cc([C@@H](C)NC5(C)CCC5)cc4C(F)(F)F)C3=O)c2)C1. The van der Waals surface area contributed by atoms with Crippen LogP contribution in [0.5, 0.6) is 0 Å². The molecular weight excluding hydrogens is 519 g/mol. The Bertz CT molecular complexity index is 1350. The van der Waals surface area contributed by atoms with Crippen LogP contribution in [0.4, 0.5) is 18.9 Å². The van der Waals surface area contributed by atoms with Crippen LogP contribution >= 0.6 is 0 Å². The topological polar surface area (TPSA) is 92.5 Å². The molecule has 0 radical (unpaired) electrons. The maximum Gasteiger partial charge on any atom is 0.416 e. The molecular formula is C30H36F3N5O2. The van der Waals surface area contributed by atoms with E-state index in [1.807, 2.05) is 13.0 Å². The second-order valence-electron chi connectivity index (χ2n) is 11.8. The highest BCUT2D eigenvalue weighted by atomic mass is 19.4. The van der Waals surface area contributed by atoms with E-state index in [4.69, 9.17) is 15.6 Å². The van der Waals surface area contributed by atoms with Gasteiger partial charge in [-0.1, -0.05) is 12.1 Å². The van der Waals surface area contributed by atoms with Crippen molar-refractivity contribution in [3.05, 3.63) is 64.2 Å². The number of benzene rings is 2. The number of fused-ring (bicyclic) bond motifs is 1. The standard InChI is InChI=1S/C30H36F3N5O2/c1-18(36-28(2)9-6-10-28)19-11-23-24(25(12-19)30(31,32)33)16-38(26(23)39)21-8-5-7-20(13-21)29(14-22(15-29)40-4)27(35)37(3)17-34/h5,7-8,11-13,17-18,22,34-36H,6,9-10,14-16H2,1-4H3/t18-,22?,29?/m1/s1. The van der Waals surface area contributed by atoms with Gasteiger partial charge in [0, 0.05) is 37.0 Å². The van der Waals surface area contributed by atoms with Crippen molar-refractivity contribution in [3.8, 4) is 0 Å². The van der Waals surface area contributed by atoms with Gasteiger partial charge in [-0.25, -0.2) is 0 Å². The van der Waals surface area contributed by atoms with Crippen LogP contribution in [0.15, 0.2) is 36.4 Å². The summed E-state index contributed by atoms with van der Waals surface area (Å²) in [7, 11) is 3.25. The number of halogens is 3. The molecule has 0 spiro atoms. The highest BCUT2D eigenvalue weighted by Crippen LogP contribution is 2.48. The van der Waals surface area contributed by atoms with Crippen LogP contribution in [0.1, 0.15) is 84.6 Å². The summed E-state index contributed by atoms with van der Waals surface area (Å²) < 4.78 is 48.4. The van der Waals surface area contributed by atoms with Gasteiger partial charge in [0.15, 0.2) is 0 Å². The minimum atomic E-state index is -4.60. The number of nitrogens with zero attached hydrogens (tertiary/aromatic N) is 2. The Hall–Kier alpha value is -3.24. The molecule has 2 aromatic carbocycles. The molecule has 7 nitrogen and oxygen atoms in total. The Morgan fingerprint density at radius 3 is 2.52 bits per heavy atom. The molecule has 2 saturated carbocycles. The van der Waals surface area contributed by atoms with Gasteiger partial charge >= 0.3 is 6.18 Å². The number of hydrogen-bond donors (Lipinski definition) is 3. The number of likely N-dealkylation sites (N-methyl/N-ethyl adjacent to an activating group) is 1. The summed E-state index contributed by atoms with van der Waals surface area (Å²) in [6.07, 6.45) is 0.514. The van der Waals surface area contributed by atoms with E-state index >= 15 is 0 Å². The lowest BCUT2D eigenvalue weighted by Gasteiger charge is -2.49. The molecule has 1 aliphatic heterocycles. The van der Waals surface area contributed by atoms with Gasteiger partial charge in [0.2, 0.25) is 0 Å². The number of carbonyl (C=O) groups is 1. The van der Waals surface area contributed by atoms with Gasteiger partial charge in [-0.05, 0) is 86.9 Å². The Kier molecular flexibility index (Phi) is 7.07. The number of alkyl halides is 3. The van der Waals surface area contributed by atoms with E-state index in [0.717, 1.165) is 31.2 Å². The zero-order valence-electron chi connectivity index (χ0n) is 23.3. The first kappa shape index (κ1) is 28.3. The van der Waals surface area contributed by atoms with E-state index in [1.54, 1.807) is 38.4 Å². The first-order chi connectivity index (χ1) is 18.8. The average Bonchev–Trinajstić information content (AvgIpc) is 3.22. The smallest absolute Gasteiger partial charge is 0.381 e. The molecule has 0 unspecified atom stereocenters. The lowest BCUT2D eigenvalue weighted by Crippen LogP contribution is -2.55. The maximum atomic E-state index is 14.3. The van der Waals surface area contributed by atoms with Crippen LogP contribution < -0.4 is 10.2 Å². The number of ether oxygens (including phenoxy) is 1. The van der Waals surface area contributed by atoms with Gasteiger partial charge in [-0.15, -0.1) is 0 Å². The molecule has 0 aromatic heterocycles. The van der Waals surface area contributed by atoms with Crippen LogP contribution in [-0.4, -0.2) is 48.8 Å². The average molecular weight is 556 g/mol. The van der Waals surface area contributed by atoms with Crippen LogP contribution in [0.3, 0.4) is 0 Å². The molecule has 10 heteroatoms. The molecule has 0 saturated heterocycles. The number of nitrogens with one attached hydrogen (secondary N) is 3. The predicted octanol–water partition coefficient (Wildman–Crippen LogP) is 6.02. The number of rotatable bonds is 8. The Morgan fingerprint density at radius 1 is 1.25 bits per heavy atom. The van der Waals surface area contributed by atoms with Gasteiger partial charge < -0.3 is 19.9 Å². The molecule has 2 aromatic rings. The number of hydrogen-bond acceptors (Lipinski definition) is 5. The Morgan fingerprint density at radius 2 is 1.95 bits per heavy atom. The molecule has 5 rings (SSSR count). The molecule has 0 bridgehead atoms. The fraction of sp³-hybridized carbons (Fsp3) is 0.500. The summed E-state index contributed by atoms with van der Waals surface area (Å²) >= 11 is 0. The molecule has 40 heavy (non-hydrogen) atoms. The monoisotopic (exact) mass is 555 g/mol. The molecule has 3 N–H and O–H groups in total. The summed E-state index contributed by atoms with van der Waals surface area (Å²) in [4.78, 5) is 16.5. The zero-order chi connectivity index (χ0) is 29.0. The van der Waals surface area contributed by atoms with Gasteiger partial charge in [0.05, 0.1) is 30.0 Å². The third kappa shape index (κ3) is 4.71. The van der Waals surface area contributed by atoms with Crippen molar-refractivity contribution in [3.63, 3.8) is 0 Å². The second kappa shape index (κ2) is 9.99. The summed E-state index contributed by atoms with van der Waals surface area (Å²) in [6.45, 7) is 3.74. The molecule has 214 valence electrons. The van der Waals surface area contributed by atoms with Crippen LogP contribution in [0.2, 0.25) is 0 Å². The highest BCUT2D eigenvalue weighted by molar-refractivity contribution is 6.10. The maximum absolute atomic E-state index is 14.3. The molecule has 1 atom stereocenters. The van der Waals surface area contributed by atoms with Crippen LogP contribution in [-0.2, 0) is 22.9 Å². The number of amides is 1. The molecule has 2 aliphatic carbocycles. The molecule has 1 heterocycles. The van der Waals surface area contributed by atoms with E-state index in [-0.39, 0.29) is 41.2 Å². The first-order valence-electron chi connectivity index (χ1n) is 13.6. The minimum absolute atomic E-state index is 0.0113. The Balaban J connectivity index is 1.50. The van der Waals surface area contributed by atoms with E-state index < -0.39 is 23.1 Å². The summed E-state index contributed by atoms with van der Waals surface area (Å²) in [5.74, 6) is -0.236. The number of amidine groups is 1. The minimum Gasteiger partial charge on any atom is -0.381 e. The second-order valence-corrected chi connectivity index (χ2v) is 11.8. The zero-order valence-corrected chi connectivity index (χ0v) is 23.3. The van der Waals surface area contributed by atoms with Crippen molar-refractivity contribution in [1.29, 1.82) is 10.8 Å². The normalized spacial score (nSPS) is 24.1. The summed E-state index contributed by atoms with van der Waals surface area (Å²) in [6, 6.07) is 9.59. The lowest BCUT2D eigenvalue weighted by atomic mass is 9.61. The van der Waals surface area contributed by atoms with E-state index in [9.17, 15) is 18.0 Å². The van der Waals surface area contributed by atoms with E-state index in [2.05, 4.69) is 12.2 Å². The number of carbonyl (C=O) groups excluding carboxylic acids is 1. The van der Waals surface area contributed by atoms with Crippen LogP contribution in [0, 0.1) is 10.8 Å². The fourth-order valence-electron chi connectivity index (χ4n) is 6.42. The van der Waals surface area contributed by atoms with Crippen molar-refractivity contribution >= 4 is 23.8 Å². The van der Waals surface area contributed by atoms with Gasteiger partial charge in [-0.2, -0.15) is 13.2 Å².